The Balaban J connectivity index is 2.20. The minimum Gasteiger partial charge on any atom is -0.506 e. The summed E-state index contributed by atoms with van der Waals surface area (Å²) in [6, 6.07) is 11.9. The second kappa shape index (κ2) is 11.2. The number of aromatic hydroxyl groups is 1. The van der Waals surface area contributed by atoms with Gasteiger partial charge in [0.1, 0.15) is 5.75 Å². The van der Waals surface area contributed by atoms with Crippen LogP contribution in [-0.2, 0) is 11.2 Å². The van der Waals surface area contributed by atoms with E-state index < -0.39 is 11.9 Å². The number of hydrogen-bond acceptors (Lipinski definition) is 5. The second-order valence-corrected chi connectivity index (χ2v) is 6.99. The predicted octanol–water partition coefficient (Wildman–Crippen LogP) is 5.36. The lowest BCUT2D eigenvalue weighted by Gasteiger charge is -2.24. The van der Waals surface area contributed by atoms with E-state index in [9.17, 15) is 14.7 Å². The monoisotopic (exact) mass is 397 g/mol. The SMILES string of the molecule is CCCCCCc1ccccc1C(=O)OC(=O)c1cccc(O)c1N(CC)CC. The van der Waals surface area contributed by atoms with E-state index in [0.29, 0.717) is 24.3 Å². The first kappa shape index (κ1) is 22.5. The number of carbonyl (C=O) groups is 2. The highest BCUT2D eigenvalue weighted by atomic mass is 16.6. The molecule has 0 radical (unpaired) electrons. The van der Waals surface area contributed by atoms with Crippen LogP contribution in [0, 0.1) is 0 Å². The van der Waals surface area contributed by atoms with Gasteiger partial charge in [-0.25, -0.2) is 9.59 Å². The first-order valence-corrected chi connectivity index (χ1v) is 10.4. The summed E-state index contributed by atoms with van der Waals surface area (Å²) >= 11 is 0. The van der Waals surface area contributed by atoms with Crippen molar-refractivity contribution in [2.24, 2.45) is 0 Å². The van der Waals surface area contributed by atoms with Crippen molar-refractivity contribution in [1.29, 1.82) is 0 Å². The van der Waals surface area contributed by atoms with E-state index >= 15 is 0 Å². The Morgan fingerprint density at radius 1 is 0.862 bits per heavy atom. The van der Waals surface area contributed by atoms with Crippen LogP contribution < -0.4 is 4.90 Å². The predicted molar refractivity (Wildman–Crippen MR) is 116 cm³/mol. The topological polar surface area (TPSA) is 66.8 Å². The zero-order valence-electron chi connectivity index (χ0n) is 17.6. The number of nitrogens with zero attached hydrogens (tertiary/aromatic N) is 1. The van der Waals surface area contributed by atoms with Crippen molar-refractivity contribution in [2.45, 2.75) is 52.9 Å². The molecule has 0 aliphatic heterocycles. The molecular formula is C24H31NO4. The molecule has 0 aliphatic rings. The number of phenolic OH excluding ortho intramolecular Hbond substituents is 1. The molecule has 0 unspecified atom stereocenters. The summed E-state index contributed by atoms with van der Waals surface area (Å²) in [6.07, 6.45) is 5.18. The van der Waals surface area contributed by atoms with E-state index in [-0.39, 0.29) is 11.3 Å². The van der Waals surface area contributed by atoms with Gasteiger partial charge in [-0.15, -0.1) is 0 Å². The summed E-state index contributed by atoms with van der Waals surface area (Å²) in [6.45, 7) is 7.26. The van der Waals surface area contributed by atoms with Crippen molar-refractivity contribution in [2.75, 3.05) is 18.0 Å². The molecule has 0 aromatic heterocycles. The molecule has 5 nitrogen and oxygen atoms in total. The fourth-order valence-electron chi connectivity index (χ4n) is 3.44. The molecule has 0 aliphatic carbocycles. The third-order valence-corrected chi connectivity index (χ3v) is 5.04. The quantitative estimate of drug-likeness (QED) is 0.332. The third-order valence-electron chi connectivity index (χ3n) is 5.04. The molecule has 156 valence electrons. The van der Waals surface area contributed by atoms with E-state index in [1.807, 2.05) is 30.9 Å². The number of anilines is 1. The summed E-state index contributed by atoms with van der Waals surface area (Å²) in [5, 5.41) is 10.3. The summed E-state index contributed by atoms with van der Waals surface area (Å²) < 4.78 is 5.21. The van der Waals surface area contributed by atoms with Crippen molar-refractivity contribution < 1.29 is 19.4 Å². The summed E-state index contributed by atoms with van der Waals surface area (Å²) in [7, 11) is 0. The average molecular weight is 398 g/mol. The van der Waals surface area contributed by atoms with Gasteiger partial charge in [-0.2, -0.15) is 0 Å². The standard InChI is InChI=1S/C24H31NO4/c1-4-7-8-9-13-18-14-10-11-15-19(18)23(27)29-24(28)20-16-12-17-21(26)22(20)25(5-2)6-3/h10-12,14-17,26H,4-9,13H2,1-3H3. The van der Waals surface area contributed by atoms with Crippen molar-refractivity contribution >= 4 is 17.6 Å². The van der Waals surface area contributed by atoms with Crippen LogP contribution in [0.2, 0.25) is 0 Å². The molecule has 2 aromatic carbocycles. The number of rotatable bonds is 10. The Morgan fingerprint density at radius 2 is 1.52 bits per heavy atom. The number of hydrogen-bond donors (Lipinski definition) is 1. The molecule has 0 fully saturated rings. The number of para-hydroxylation sites is 1. The van der Waals surface area contributed by atoms with Crippen LogP contribution in [-0.4, -0.2) is 30.1 Å². The van der Waals surface area contributed by atoms with E-state index in [2.05, 4.69) is 6.92 Å². The molecule has 0 bridgehead atoms. The van der Waals surface area contributed by atoms with Crippen LogP contribution in [0.3, 0.4) is 0 Å². The van der Waals surface area contributed by atoms with Crippen molar-refractivity contribution in [3.63, 3.8) is 0 Å². The average Bonchev–Trinajstić information content (AvgIpc) is 2.73. The molecule has 0 spiro atoms. The molecule has 2 aromatic rings. The van der Waals surface area contributed by atoms with Gasteiger partial charge in [0.25, 0.3) is 0 Å². The minimum absolute atomic E-state index is 0.00748. The first-order valence-electron chi connectivity index (χ1n) is 10.4. The van der Waals surface area contributed by atoms with Crippen LogP contribution in [0.1, 0.15) is 72.7 Å². The number of aryl methyl sites for hydroxylation is 1. The fourth-order valence-corrected chi connectivity index (χ4v) is 3.44. The number of carbonyl (C=O) groups excluding carboxylic acids is 2. The second-order valence-electron chi connectivity index (χ2n) is 6.99. The smallest absolute Gasteiger partial charge is 0.348 e. The van der Waals surface area contributed by atoms with Gasteiger partial charge in [-0.1, -0.05) is 50.5 Å². The van der Waals surface area contributed by atoms with Gasteiger partial charge in [0, 0.05) is 13.1 Å². The van der Waals surface area contributed by atoms with Gasteiger partial charge in [-0.3, -0.25) is 0 Å². The van der Waals surface area contributed by atoms with Gasteiger partial charge in [0.15, 0.2) is 0 Å². The fraction of sp³-hybridized carbons (Fsp3) is 0.417. The van der Waals surface area contributed by atoms with E-state index in [1.54, 1.807) is 24.3 Å². The van der Waals surface area contributed by atoms with Gasteiger partial charge < -0.3 is 14.7 Å². The summed E-state index contributed by atoms with van der Waals surface area (Å²) in [5.74, 6) is -1.42. The number of esters is 2. The molecule has 0 heterocycles. The van der Waals surface area contributed by atoms with E-state index in [1.165, 1.54) is 6.07 Å². The number of ether oxygens (including phenoxy) is 1. The lowest BCUT2D eigenvalue weighted by Crippen LogP contribution is -2.25. The van der Waals surface area contributed by atoms with Crippen LogP contribution in [0.25, 0.3) is 0 Å². The third kappa shape index (κ3) is 5.83. The normalized spacial score (nSPS) is 10.6. The molecule has 5 heteroatoms. The zero-order chi connectivity index (χ0) is 21.2. The molecule has 0 saturated carbocycles. The van der Waals surface area contributed by atoms with Gasteiger partial charge in [-0.05, 0) is 50.5 Å². The van der Waals surface area contributed by atoms with Crippen molar-refractivity contribution in [3.8, 4) is 5.75 Å². The van der Waals surface area contributed by atoms with Crippen LogP contribution in [0.4, 0.5) is 5.69 Å². The van der Waals surface area contributed by atoms with Crippen LogP contribution in [0.15, 0.2) is 42.5 Å². The largest absolute Gasteiger partial charge is 0.506 e. The Bertz CT molecular complexity index is 827. The highest BCUT2D eigenvalue weighted by Crippen LogP contribution is 2.32. The number of unbranched alkanes of at least 4 members (excludes halogenated alkanes) is 3. The lowest BCUT2D eigenvalue weighted by atomic mass is 10.0. The lowest BCUT2D eigenvalue weighted by molar-refractivity contribution is 0.0397. The van der Waals surface area contributed by atoms with Crippen LogP contribution in [0.5, 0.6) is 5.75 Å². The van der Waals surface area contributed by atoms with Gasteiger partial charge in [0.2, 0.25) is 0 Å². The maximum absolute atomic E-state index is 12.8. The molecule has 1 N–H and O–H groups in total. The van der Waals surface area contributed by atoms with Crippen molar-refractivity contribution in [3.05, 3.63) is 59.2 Å². The number of benzene rings is 2. The maximum atomic E-state index is 12.8. The molecule has 0 atom stereocenters. The molecule has 0 amide bonds. The molecule has 0 saturated heterocycles. The highest BCUT2D eigenvalue weighted by Gasteiger charge is 2.23. The van der Waals surface area contributed by atoms with Gasteiger partial charge >= 0.3 is 11.9 Å². The summed E-state index contributed by atoms with van der Waals surface area (Å²) in [4.78, 5) is 27.4. The molecular weight excluding hydrogens is 366 g/mol. The van der Waals surface area contributed by atoms with Crippen molar-refractivity contribution in [1.82, 2.24) is 0 Å². The minimum atomic E-state index is -0.756. The molecule has 2 rings (SSSR count). The Morgan fingerprint density at radius 3 is 2.21 bits per heavy atom. The Kier molecular flexibility index (Phi) is 8.71. The Labute approximate surface area is 173 Å². The maximum Gasteiger partial charge on any atom is 0.348 e. The first-order chi connectivity index (χ1) is 14.0. The van der Waals surface area contributed by atoms with E-state index in [0.717, 1.165) is 37.7 Å². The zero-order valence-corrected chi connectivity index (χ0v) is 17.6. The van der Waals surface area contributed by atoms with Crippen LogP contribution >= 0.6 is 0 Å². The van der Waals surface area contributed by atoms with Gasteiger partial charge in [0.05, 0.1) is 16.8 Å². The van der Waals surface area contributed by atoms with E-state index in [4.69, 9.17) is 4.74 Å². The number of phenols is 1. The Hall–Kier alpha value is -2.82. The molecule has 29 heavy (non-hydrogen) atoms. The summed E-state index contributed by atoms with van der Waals surface area (Å²) in [5.41, 5.74) is 1.88. The highest BCUT2D eigenvalue weighted by molar-refractivity contribution is 6.06.